The highest BCUT2D eigenvalue weighted by molar-refractivity contribution is 6.04. The number of nitrogens with zero attached hydrogens (tertiary/aromatic N) is 3. The molecule has 0 unspecified atom stereocenters. The molecule has 0 saturated heterocycles. The van der Waals surface area contributed by atoms with E-state index in [1.807, 2.05) is 31.3 Å². The third-order valence-corrected chi connectivity index (χ3v) is 2.84. The molecular formula is C14H12N4O. The van der Waals surface area contributed by atoms with Gasteiger partial charge in [0.15, 0.2) is 0 Å². The number of hydrogen-bond acceptors (Lipinski definition) is 3. The summed E-state index contributed by atoms with van der Waals surface area (Å²) >= 11 is 0. The van der Waals surface area contributed by atoms with Crippen LogP contribution in [0.5, 0.6) is 0 Å². The third kappa shape index (κ3) is 2.06. The molecular weight excluding hydrogens is 240 g/mol. The second-order valence-corrected chi connectivity index (χ2v) is 4.17. The highest BCUT2D eigenvalue weighted by atomic mass is 16.2. The zero-order valence-corrected chi connectivity index (χ0v) is 10.4. The number of imidazole rings is 1. The zero-order chi connectivity index (χ0) is 13.2. The molecule has 3 aromatic rings. The molecule has 0 fully saturated rings. The van der Waals surface area contributed by atoms with Crippen molar-refractivity contribution < 1.29 is 4.79 Å². The number of anilines is 1. The van der Waals surface area contributed by atoms with Crippen LogP contribution in [-0.4, -0.2) is 20.3 Å². The number of aryl methyl sites for hydroxylation is 1. The van der Waals surface area contributed by atoms with Crippen LogP contribution in [0.3, 0.4) is 0 Å². The Morgan fingerprint density at radius 3 is 2.95 bits per heavy atom. The second kappa shape index (κ2) is 4.53. The Bertz CT molecular complexity index is 734. The molecule has 0 spiro atoms. The number of pyridine rings is 2. The summed E-state index contributed by atoms with van der Waals surface area (Å²) in [4.78, 5) is 20.6. The van der Waals surface area contributed by atoms with Gasteiger partial charge in [-0.15, -0.1) is 0 Å². The highest BCUT2D eigenvalue weighted by Gasteiger charge is 2.16. The zero-order valence-electron chi connectivity index (χ0n) is 10.4. The van der Waals surface area contributed by atoms with Crippen molar-refractivity contribution in [2.45, 2.75) is 6.92 Å². The van der Waals surface area contributed by atoms with Gasteiger partial charge in [0.05, 0.1) is 17.6 Å². The summed E-state index contributed by atoms with van der Waals surface area (Å²) in [6.07, 6.45) is 5.10. The van der Waals surface area contributed by atoms with Crippen LogP contribution in [0.2, 0.25) is 0 Å². The van der Waals surface area contributed by atoms with Crippen molar-refractivity contribution in [2.24, 2.45) is 0 Å². The average molecular weight is 252 g/mol. The molecule has 3 heterocycles. The monoisotopic (exact) mass is 252 g/mol. The summed E-state index contributed by atoms with van der Waals surface area (Å²) in [6.45, 7) is 1.82. The fourth-order valence-corrected chi connectivity index (χ4v) is 2.01. The summed E-state index contributed by atoms with van der Waals surface area (Å²) in [5, 5.41) is 2.82. The van der Waals surface area contributed by atoms with Crippen molar-refractivity contribution in [1.29, 1.82) is 0 Å². The van der Waals surface area contributed by atoms with E-state index >= 15 is 0 Å². The van der Waals surface area contributed by atoms with E-state index in [4.69, 9.17) is 0 Å². The van der Waals surface area contributed by atoms with Crippen LogP contribution >= 0.6 is 0 Å². The molecule has 94 valence electrons. The van der Waals surface area contributed by atoms with Crippen LogP contribution in [0.25, 0.3) is 5.65 Å². The molecule has 0 bridgehead atoms. The van der Waals surface area contributed by atoms with E-state index < -0.39 is 0 Å². The molecule has 0 saturated carbocycles. The number of aromatic nitrogens is 3. The minimum Gasteiger partial charge on any atom is -0.319 e. The van der Waals surface area contributed by atoms with Crippen LogP contribution in [-0.2, 0) is 0 Å². The molecule has 5 heteroatoms. The molecule has 0 aliphatic rings. The third-order valence-electron chi connectivity index (χ3n) is 2.84. The van der Waals surface area contributed by atoms with Gasteiger partial charge in [0.2, 0.25) is 0 Å². The van der Waals surface area contributed by atoms with Gasteiger partial charge >= 0.3 is 0 Å². The van der Waals surface area contributed by atoms with Gasteiger partial charge in [0, 0.05) is 12.4 Å². The fraction of sp³-hybridized carbons (Fsp3) is 0.0714. The Hall–Kier alpha value is -2.69. The maximum absolute atomic E-state index is 12.3. The van der Waals surface area contributed by atoms with Gasteiger partial charge in [-0.3, -0.25) is 14.2 Å². The van der Waals surface area contributed by atoms with E-state index in [0.717, 1.165) is 5.65 Å². The number of fused-ring (bicyclic) bond motifs is 1. The molecule has 3 rings (SSSR count). The van der Waals surface area contributed by atoms with Crippen molar-refractivity contribution in [1.82, 2.24) is 14.4 Å². The largest absolute Gasteiger partial charge is 0.319 e. The predicted octanol–water partition coefficient (Wildman–Crippen LogP) is 2.29. The van der Waals surface area contributed by atoms with Gasteiger partial charge in [-0.25, -0.2) is 4.98 Å². The van der Waals surface area contributed by atoms with Crippen LogP contribution in [0, 0.1) is 6.92 Å². The summed E-state index contributed by atoms with van der Waals surface area (Å²) in [5.74, 6) is -0.191. The molecule has 19 heavy (non-hydrogen) atoms. The first-order chi connectivity index (χ1) is 9.25. The van der Waals surface area contributed by atoms with Crippen molar-refractivity contribution in [2.75, 3.05) is 5.32 Å². The number of rotatable bonds is 2. The molecule has 3 aromatic heterocycles. The quantitative estimate of drug-likeness (QED) is 0.761. The first kappa shape index (κ1) is 11.4. The van der Waals surface area contributed by atoms with E-state index in [-0.39, 0.29) is 5.91 Å². The lowest BCUT2D eigenvalue weighted by Crippen LogP contribution is -2.15. The molecule has 0 atom stereocenters. The van der Waals surface area contributed by atoms with Gasteiger partial charge in [-0.1, -0.05) is 6.07 Å². The lowest BCUT2D eigenvalue weighted by atomic mass is 10.3. The molecule has 1 amide bonds. The van der Waals surface area contributed by atoms with E-state index in [2.05, 4.69) is 15.3 Å². The fourth-order valence-electron chi connectivity index (χ4n) is 2.01. The normalized spacial score (nSPS) is 10.6. The molecule has 0 aliphatic carbocycles. The first-order valence-electron chi connectivity index (χ1n) is 5.91. The van der Waals surface area contributed by atoms with E-state index in [1.165, 1.54) is 0 Å². The first-order valence-corrected chi connectivity index (χ1v) is 5.91. The van der Waals surface area contributed by atoms with Gasteiger partial charge in [-0.2, -0.15) is 0 Å². The molecule has 0 radical (unpaired) electrons. The predicted molar refractivity (Wildman–Crippen MR) is 72.1 cm³/mol. The van der Waals surface area contributed by atoms with Crippen LogP contribution < -0.4 is 5.32 Å². The summed E-state index contributed by atoms with van der Waals surface area (Å²) < 4.78 is 1.78. The van der Waals surface area contributed by atoms with Crippen LogP contribution in [0.1, 0.15) is 16.2 Å². The van der Waals surface area contributed by atoms with Gasteiger partial charge in [0.1, 0.15) is 11.3 Å². The van der Waals surface area contributed by atoms with E-state index in [9.17, 15) is 4.79 Å². The van der Waals surface area contributed by atoms with E-state index in [1.54, 1.807) is 28.9 Å². The average Bonchev–Trinajstić information content (AvgIpc) is 2.75. The highest BCUT2D eigenvalue weighted by Crippen LogP contribution is 2.14. The lowest BCUT2D eigenvalue weighted by molar-refractivity contribution is 0.102. The van der Waals surface area contributed by atoms with Crippen LogP contribution in [0.4, 0.5) is 5.69 Å². The minimum absolute atomic E-state index is 0.191. The van der Waals surface area contributed by atoms with Crippen molar-refractivity contribution in [3.8, 4) is 0 Å². The standard InChI is InChI=1S/C14H12N4O/c1-10-13(18-8-3-2-6-12(18)16-10)14(19)17-11-5-4-7-15-9-11/h2-9H,1H3,(H,17,19). The molecule has 1 N–H and O–H groups in total. The number of nitrogens with one attached hydrogen (secondary N) is 1. The Morgan fingerprint density at radius 1 is 1.26 bits per heavy atom. The Morgan fingerprint density at radius 2 is 2.16 bits per heavy atom. The van der Waals surface area contributed by atoms with Gasteiger partial charge in [-0.05, 0) is 31.2 Å². The Kier molecular flexibility index (Phi) is 2.72. The summed E-state index contributed by atoms with van der Waals surface area (Å²) in [6, 6.07) is 9.20. The molecule has 5 nitrogen and oxygen atoms in total. The lowest BCUT2D eigenvalue weighted by Gasteiger charge is -2.05. The van der Waals surface area contributed by atoms with Crippen molar-refractivity contribution in [3.63, 3.8) is 0 Å². The second-order valence-electron chi connectivity index (χ2n) is 4.17. The van der Waals surface area contributed by atoms with Crippen LogP contribution in [0.15, 0.2) is 48.9 Å². The number of amides is 1. The van der Waals surface area contributed by atoms with E-state index in [0.29, 0.717) is 17.1 Å². The SMILES string of the molecule is Cc1nc2ccccn2c1C(=O)Nc1cccnc1. The topological polar surface area (TPSA) is 59.3 Å². The maximum Gasteiger partial charge on any atom is 0.274 e. The van der Waals surface area contributed by atoms with Crippen molar-refractivity contribution >= 4 is 17.2 Å². The maximum atomic E-state index is 12.3. The smallest absolute Gasteiger partial charge is 0.274 e. The summed E-state index contributed by atoms with van der Waals surface area (Å²) in [7, 11) is 0. The Balaban J connectivity index is 2.00. The molecule has 0 aromatic carbocycles. The summed E-state index contributed by atoms with van der Waals surface area (Å²) in [5.41, 5.74) is 2.67. The molecule has 0 aliphatic heterocycles. The number of carbonyl (C=O) groups excluding carboxylic acids is 1. The Labute approximate surface area is 109 Å². The van der Waals surface area contributed by atoms with Crippen molar-refractivity contribution in [3.05, 3.63) is 60.3 Å². The number of carbonyl (C=O) groups is 1. The van der Waals surface area contributed by atoms with Gasteiger partial charge in [0.25, 0.3) is 5.91 Å². The van der Waals surface area contributed by atoms with Gasteiger partial charge < -0.3 is 5.32 Å². The minimum atomic E-state index is -0.191. The number of hydrogen-bond donors (Lipinski definition) is 1.